The zero-order valence-corrected chi connectivity index (χ0v) is 19.4. The normalized spacial score (nSPS) is 11.2. The molecule has 0 fully saturated rings. The molecule has 0 saturated heterocycles. The van der Waals surface area contributed by atoms with E-state index in [0.29, 0.717) is 13.2 Å². The fourth-order valence-corrected chi connectivity index (χ4v) is 2.47. The van der Waals surface area contributed by atoms with E-state index in [2.05, 4.69) is 44.7 Å². The maximum absolute atomic E-state index is 5.80. The second kappa shape index (κ2) is 14.2. The monoisotopic (exact) mass is 500 g/mol. The van der Waals surface area contributed by atoms with Gasteiger partial charge in [-0.25, -0.2) is 4.99 Å². The van der Waals surface area contributed by atoms with Crippen LogP contribution in [0.2, 0.25) is 0 Å². The summed E-state index contributed by atoms with van der Waals surface area (Å²) in [7, 11) is 4.08. The van der Waals surface area contributed by atoms with Crippen molar-refractivity contribution < 1.29 is 4.74 Å². The van der Waals surface area contributed by atoms with E-state index >= 15 is 0 Å². The van der Waals surface area contributed by atoms with Crippen molar-refractivity contribution in [2.75, 3.05) is 40.3 Å². The maximum Gasteiger partial charge on any atom is 0.191 e. The summed E-state index contributed by atoms with van der Waals surface area (Å²) in [6.07, 6.45) is 4.77. The molecular weight excluding hydrogens is 467 g/mol. The van der Waals surface area contributed by atoms with Gasteiger partial charge in [0.1, 0.15) is 12.4 Å². The fourth-order valence-electron chi connectivity index (χ4n) is 2.47. The van der Waals surface area contributed by atoms with E-state index < -0.39 is 0 Å². The van der Waals surface area contributed by atoms with Crippen LogP contribution in [0.5, 0.6) is 5.75 Å². The number of aromatic nitrogens is 2. The first-order chi connectivity index (χ1) is 13.2. The van der Waals surface area contributed by atoms with Crippen LogP contribution in [-0.4, -0.2) is 61.0 Å². The van der Waals surface area contributed by atoms with Gasteiger partial charge in [-0.2, -0.15) is 5.10 Å². The van der Waals surface area contributed by atoms with Gasteiger partial charge in [-0.1, -0.05) is 12.1 Å². The molecule has 28 heavy (non-hydrogen) atoms. The van der Waals surface area contributed by atoms with Crippen molar-refractivity contribution >= 4 is 29.9 Å². The third-order valence-electron chi connectivity index (χ3n) is 3.89. The lowest BCUT2D eigenvalue weighted by atomic mass is 10.2. The molecule has 0 amide bonds. The van der Waals surface area contributed by atoms with E-state index in [9.17, 15) is 0 Å². The zero-order valence-electron chi connectivity index (χ0n) is 17.1. The molecule has 156 valence electrons. The highest BCUT2D eigenvalue weighted by molar-refractivity contribution is 14.0. The topological polar surface area (TPSA) is 66.7 Å². The highest BCUT2D eigenvalue weighted by atomic mass is 127. The van der Waals surface area contributed by atoms with Crippen LogP contribution in [0.1, 0.15) is 18.9 Å². The molecule has 2 rings (SSSR count). The lowest BCUT2D eigenvalue weighted by molar-refractivity contribution is 0.261. The van der Waals surface area contributed by atoms with Gasteiger partial charge < -0.3 is 20.3 Å². The Morgan fingerprint density at radius 2 is 2.11 bits per heavy atom. The van der Waals surface area contributed by atoms with E-state index in [1.165, 1.54) is 0 Å². The molecule has 0 atom stereocenters. The number of rotatable bonds is 11. The Balaban J connectivity index is 0.00000392. The van der Waals surface area contributed by atoms with E-state index in [1.54, 1.807) is 6.20 Å². The molecule has 1 aromatic carbocycles. The van der Waals surface area contributed by atoms with Gasteiger partial charge in [0.25, 0.3) is 0 Å². The fraction of sp³-hybridized carbons (Fsp3) is 0.500. The smallest absolute Gasteiger partial charge is 0.191 e. The van der Waals surface area contributed by atoms with Crippen molar-refractivity contribution in [3.05, 3.63) is 48.3 Å². The minimum Gasteiger partial charge on any atom is -0.492 e. The number of likely N-dealkylation sites (N-methyl/N-ethyl adjacent to an activating group) is 1. The first-order valence-electron chi connectivity index (χ1n) is 9.53. The van der Waals surface area contributed by atoms with Crippen LogP contribution in [0, 0.1) is 0 Å². The average Bonchev–Trinajstić information content (AvgIpc) is 3.17. The average molecular weight is 500 g/mol. The molecule has 0 bridgehead atoms. The summed E-state index contributed by atoms with van der Waals surface area (Å²) < 4.78 is 7.74. The van der Waals surface area contributed by atoms with Crippen LogP contribution >= 0.6 is 24.0 Å². The molecule has 0 spiro atoms. The van der Waals surface area contributed by atoms with Crippen LogP contribution in [-0.2, 0) is 13.1 Å². The predicted octanol–water partition coefficient (Wildman–Crippen LogP) is 2.59. The van der Waals surface area contributed by atoms with Gasteiger partial charge in [0.05, 0.1) is 6.54 Å². The van der Waals surface area contributed by atoms with E-state index in [1.807, 2.05) is 43.2 Å². The number of ether oxygens (including phenoxy) is 1. The van der Waals surface area contributed by atoms with Crippen molar-refractivity contribution in [2.45, 2.75) is 26.4 Å². The Morgan fingerprint density at radius 3 is 2.82 bits per heavy atom. The van der Waals surface area contributed by atoms with Crippen molar-refractivity contribution in [1.29, 1.82) is 0 Å². The molecule has 0 unspecified atom stereocenters. The minimum atomic E-state index is 0. The van der Waals surface area contributed by atoms with Crippen molar-refractivity contribution in [3.8, 4) is 5.75 Å². The van der Waals surface area contributed by atoms with Crippen molar-refractivity contribution in [3.63, 3.8) is 0 Å². The van der Waals surface area contributed by atoms with Crippen LogP contribution < -0.4 is 15.4 Å². The van der Waals surface area contributed by atoms with Crippen LogP contribution in [0.25, 0.3) is 0 Å². The quantitative estimate of drug-likeness (QED) is 0.215. The molecule has 0 radical (unpaired) electrons. The van der Waals surface area contributed by atoms with E-state index in [4.69, 9.17) is 4.74 Å². The molecule has 2 aromatic rings. The number of guanidine groups is 1. The number of halogens is 1. The summed E-state index contributed by atoms with van der Waals surface area (Å²) in [6.45, 7) is 6.83. The second-order valence-corrected chi connectivity index (χ2v) is 6.54. The van der Waals surface area contributed by atoms with Gasteiger partial charge in [0.15, 0.2) is 5.96 Å². The number of nitrogens with zero attached hydrogens (tertiary/aromatic N) is 4. The molecular formula is C20H33IN6O. The van der Waals surface area contributed by atoms with Gasteiger partial charge in [-0.15, -0.1) is 24.0 Å². The highest BCUT2D eigenvalue weighted by Crippen LogP contribution is 2.14. The number of aliphatic imine (C=N–C) groups is 1. The second-order valence-electron chi connectivity index (χ2n) is 6.54. The largest absolute Gasteiger partial charge is 0.492 e. The molecule has 0 aliphatic carbocycles. The number of aryl methyl sites for hydroxylation is 1. The lowest BCUT2D eigenvalue weighted by Gasteiger charge is -2.12. The maximum atomic E-state index is 5.80. The third-order valence-corrected chi connectivity index (χ3v) is 3.89. The number of benzene rings is 1. The summed E-state index contributed by atoms with van der Waals surface area (Å²) in [5.41, 5.74) is 1.13. The van der Waals surface area contributed by atoms with Crippen LogP contribution in [0.4, 0.5) is 0 Å². The molecule has 0 aliphatic heterocycles. The molecule has 7 nitrogen and oxygen atoms in total. The Labute approximate surface area is 185 Å². The summed E-state index contributed by atoms with van der Waals surface area (Å²) in [4.78, 5) is 6.78. The Morgan fingerprint density at radius 1 is 1.25 bits per heavy atom. The summed E-state index contributed by atoms with van der Waals surface area (Å²) in [5.74, 6) is 1.72. The molecule has 2 N–H and O–H groups in total. The van der Waals surface area contributed by atoms with E-state index in [-0.39, 0.29) is 24.0 Å². The third kappa shape index (κ3) is 9.93. The van der Waals surface area contributed by atoms with E-state index in [0.717, 1.165) is 49.9 Å². The summed E-state index contributed by atoms with van der Waals surface area (Å²) in [5, 5.41) is 10.9. The van der Waals surface area contributed by atoms with Crippen molar-refractivity contribution in [1.82, 2.24) is 25.3 Å². The van der Waals surface area contributed by atoms with Crippen LogP contribution in [0.3, 0.4) is 0 Å². The summed E-state index contributed by atoms with van der Waals surface area (Å²) in [6, 6.07) is 10.1. The Kier molecular flexibility index (Phi) is 12.3. The van der Waals surface area contributed by atoms with Gasteiger partial charge in [-0.05, 0) is 51.2 Å². The molecule has 0 saturated carbocycles. The molecule has 8 heteroatoms. The Hall–Kier alpha value is -1.81. The Bertz CT molecular complexity index is 675. The van der Waals surface area contributed by atoms with Gasteiger partial charge in [0.2, 0.25) is 0 Å². The van der Waals surface area contributed by atoms with Gasteiger partial charge in [0, 0.05) is 38.6 Å². The summed E-state index contributed by atoms with van der Waals surface area (Å²) >= 11 is 0. The number of hydrogen-bond donors (Lipinski definition) is 2. The van der Waals surface area contributed by atoms with Crippen molar-refractivity contribution in [2.24, 2.45) is 4.99 Å². The SMILES string of the molecule is CCNC(=NCc1cccc(OCCN(C)C)c1)NCCCn1cccn1.I. The lowest BCUT2D eigenvalue weighted by Crippen LogP contribution is -2.38. The predicted molar refractivity (Wildman–Crippen MR) is 126 cm³/mol. The zero-order chi connectivity index (χ0) is 19.3. The minimum absolute atomic E-state index is 0. The number of nitrogens with one attached hydrogen (secondary N) is 2. The first-order valence-corrected chi connectivity index (χ1v) is 9.53. The standard InChI is InChI=1S/C20H32N6O.HI/c1-4-21-20(22-10-6-12-26-13-7-11-24-26)23-17-18-8-5-9-19(16-18)27-15-14-25(2)3;/h5,7-9,11,13,16H,4,6,10,12,14-15,17H2,1-3H3,(H2,21,22,23);1H. The first kappa shape index (κ1) is 24.2. The van der Waals surface area contributed by atoms with Gasteiger partial charge in [-0.3, -0.25) is 4.68 Å². The highest BCUT2D eigenvalue weighted by Gasteiger charge is 2.00. The molecule has 0 aliphatic rings. The van der Waals surface area contributed by atoms with Gasteiger partial charge >= 0.3 is 0 Å². The number of hydrogen-bond acceptors (Lipinski definition) is 4. The molecule has 1 aromatic heterocycles. The molecule has 1 heterocycles. The van der Waals surface area contributed by atoms with Crippen LogP contribution in [0.15, 0.2) is 47.7 Å².